The second-order valence-electron chi connectivity index (χ2n) is 3.86. The van der Waals surface area contributed by atoms with E-state index >= 15 is 0 Å². The van der Waals surface area contributed by atoms with E-state index in [-0.39, 0.29) is 5.41 Å². The Morgan fingerprint density at radius 1 is 1.46 bits per heavy atom. The lowest BCUT2D eigenvalue weighted by Gasteiger charge is -2.18. The van der Waals surface area contributed by atoms with E-state index in [4.69, 9.17) is 9.68 Å². The van der Waals surface area contributed by atoms with Crippen LogP contribution >= 0.6 is 0 Å². The van der Waals surface area contributed by atoms with Gasteiger partial charge in [0.15, 0.2) is 5.88 Å². The molecule has 1 aromatic heterocycles. The maximum Gasteiger partial charge on any atom is 0.570 e. The average Bonchev–Trinajstić information content (AvgIpc) is 2.04. The highest BCUT2D eigenvalue weighted by molar-refractivity contribution is 6.17. The molecule has 0 atom stereocenters. The third-order valence-electron chi connectivity index (χ3n) is 1.77. The van der Waals surface area contributed by atoms with Gasteiger partial charge in [0.05, 0.1) is 0 Å². The fourth-order valence-electron chi connectivity index (χ4n) is 0.994. The van der Waals surface area contributed by atoms with Crippen LogP contribution in [-0.4, -0.2) is 17.7 Å². The first-order valence-electron chi connectivity index (χ1n) is 4.13. The van der Waals surface area contributed by atoms with Gasteiger partial charge in [-0.25, -0.2) is 4.98 Å². The summed E-state index contributed by atoms with van der Waals surface area (Å²) in [5.41, 5.74) is 1.19. The summed E-state index contributed by atoms with van der Waals surface area (Å²) in [7, 11) is 0.634. The number of rotatable bonds is 2. The van der Waals surface area contributed by atoms with E-state index in [1.807, 2.05) is 12.1 Å². The molecule has 1 rings (SSSR count). The molecule has 0 amide bonds. The van der Waals surface area contributed by atoms with Gasteiger partial charge in [-0.1, -0.05) is 20.8 Å². The molecular weight excluding hydrogens is 165 g/mol. The summed E-state index contributed by atoms with van der Waals surface area (Å²) >= 11 is 0. The topological polar surface area (TPSA) is 42.4 Å². The van der Waals surface area contributed by atoms with E-state index in [9.17, 15) is 0 Å². The second-order valence-corrected chi connectivity index (χ2v) is 3.86. The van der Waals surface area contributed by atoms with Crippen LogP contribution in [0.25, 0.3) is 0 Å². The Balaban J connectivity index is 2.92. The number of pyridine rings is 1. The van der Waals surface area contributed by atoms with Crippen molar-refractivity contribution < 1.29 is 9.68 Å². The first-order valence-corrected chi connectivity index (χ1v) is 4.13. The average molecular weight is 178 g/mol. The minimum Gasteiger partial charge on any atom is -0.523 e. The van der Waals surface area contributed by atoms with Gasteiger partial charge in [-0.05, 0) is 17.0 Å². The van der Waals surface area contributed by atoms with E-state index in [1.165, 1.54) is 0 Å². The minimum absolute atomic E-state index is 0.0660. The molecule has 1 aromatic rings. The molecule has 0 saturated carbocycles. The Labute approximate surface area is 79.1 Å². The summed E-state index contributed by atoms with van der Waals surface area (Å²) in [6.07, 6.45) is 1.67. The van der Waals surface area contributed by atoms with Gasteiger partial charge in [-0.15, -0.1) is 0 Å². The Kier molecular flexibility index (Phi) is 2.93. The molecule has 0 spiro atoms. The van der Waals surface area contributed by atoms with E-state index in [0.717, 1.165) is 5.56 Å². The minimum atomic E-state index is 0.0660. The number of hydrogen-bond donors (Lipinski definition) is 1. The van der Waals surface area contributed by atoms with Crippen LogP contribution in [0, 0.1) is 0 Å². The molecule has 0 aromatic carbocycles. The summed E-state index contributed by atoms with van der Waals surface area (Å²) < 4.78 is 4.76. The van der Waals surface area contributed by atoms with Gasteiger partial charge in [0.2, 0.25) is 0 Å². The molecule has 13 heavy (non-hydrogen) atoms. The molecule has 1 N–H and O–H groups in total. The summed E-state index contributed by atoms with van der Waals surface area (Å²) in [5, 5.41) is 8.43. The lowest BCUT2D eigenvalue weighted by molar-refractivity contribution is 0.441. The molecule has 0 aliphatic carbocycles. The van der Waals surface area contributed by atoms with Crippen molar-refractivity contribution in [2.75, 3.05) is 0 Å². The van der Waals surface area contributed by atoms with Crippen LogP contribution < -0.4 is 4.65 Å². The highest BCUT2D eigenvalue weighted by Gasteiger charge is 2.14. The normalized spacial score (nSPS) is 11.1. The van der Waals surface area contributed by atoms with Gasteiger partial charge in [0.25, 0.3) is 0 Å². The van der Waals surface area contributed by atoms with E-state index < -0.39 is 0 Å². The van der Waals surface area contributed by atoms with Crippen LogP contribution in [0.15, 0.2) is 18.3 Å². The van der Waals surface area contributed by atoms with Gasteiger partial charge in [-0.2, -0.15) is 0 Å². The lowest BCUT2D eigenvalue weighted by atomic mass is 9.88. The molecule has 1 radical (unpaired) electrons. The van der Waals surface area contributed by atoms with Crippen LogP contribution in [0.2, 0.25) is 0 Å². The largest absolute Gasteiger partial charge is 0.570 e. The fourth-order valence-corrected chi connectivity index (χ4v) is 0.994. The van der Waals surface area contributed by atoms with Gasteiger partial charge < -0.3 is 9.68 Å². The molecule has 0 fully saturated rings. The highest BCUT2D eigenvalue weighted by Crippen LogP contribution is 2.23. The van der Waals surface area contributed by atoms with Crippen molar-refractivity contribution in [3.8, 4) is 5.88 Å². The Morgan fingerprint density at radius 2 is 2.15 bits per heavy atom. The summed E-state index contributed by atoms with van der Waals surface area (Å²) in [5.74, 6) is 0.412. The standard InChI is InChI=1S/C9H13BNO2/c1-9(2,3)7-4-5-11-8(6-7)13-10-12/h4-6,12H,1-3H3. The predicted octanol–water partition coefficient (Wildman–Crippen LogP) is 1.28. The Hall–Kier alpha value is -1.03. The molecule has 3 nitrogen and oxygen atoms in total. The summed E-state index contributed by atoms with van der Waals surface area (Å²) in [4.78, 5) is 3.93. The molecular formula is C9H13BNO2. The Morgan fingerprint density at radius 3 is 2.69 bits per heavy atom. The van der Waals surface area contributed by atoms with Crippen LogP contribution in [0.5, 0.6) is 5.88 Å². The predicted molar refractivity (Wildman–Crippen MR) is 51.5 cm³/mol. The van der Waals surface area contributed by atoms with E-state index in [2.05, 4.69) is 25.8 Å². The molecule has 0 bridgehead atoms. The first-order chi connectivity index (χ1) is 6.04. The van der Waals surface area contributed by atoms with Crippen molar-refractivity contribution in [2.45, 2.75) is 26.2 Å². The monoisotopic (exact) mass is 178 g/mol. The van der Waals surface area contributed by atoms with Crippen molar-refractivity contribution in [1.82, 2.24) is 4.98 Å². The molecule has 0 unspecified atom stereocenters. The number of nitrogens with zero attached hydrogens (tertiary/aromatic N) is 1. The second kappa shape index (κ2) is 3.79. The molecule has 0 aliphatic rings. The number of hydrogen-bond acceptors (Lipinski definition) is 3. The van der Waals surface area contributed by atoms with E-state index in [1.54, 1.807) is 6.20 Å². The van der Waals surface area contributed by atoms with Crippen molar-refractivity contribution in [3.63, 3.8) is 0 Å². The van der Waals surface area contributed by atoms with Crippen LogP contribution in [0.1, 0.15) is 26.3 Å². The van der Waals surface area contributed by atoms with Gasteiger partial charge >= 0.3 is 7.69 Å². The number of aromatic nitrogens is 1. The zero-order chi connectivity index (χ0) is 9.90. The van der Waals surface area contributed by atoms with Crippen molar-refractivity contribution >= 4 is 7.69 Å². The summed E-state index contributed by atoms with van der Waals surface area (Å²) in [6, 6.07) is 3.75. The van der Waals surface area contributed by atoms with Crippen LogP contribution in [0.3, 0.4) is 0 Å². The van der Waals surface area contributed by atoms with Crippen molar-refractivity contribution in [2.24, 2.45) is 0 Å². The third-order valence-corrected chi connectivity index (χ3v) is 1.77. The lowest BCUT2D eigenvalue weighted by Crippen LogP contribution is -2.12. The smallest absolute Gasteiger partial charge is 0.523 e. The third kappa shape index (κ3) is 2.74. The van der Waals surface area contributed by atoms with Gasteiger partial charge in [0, 0.05) is 12.3 Å². The SMILES string of the molecule is CC(C)(C)c1ccnc(O[B]O)c1. The maximum atomic E-state index is 8.43. The zero-order valence-corrected chi connectivity index (χ0v) is 8.11. The highest BCUT2D eigenvalue weighted by atomic mass is 16.5. The molecule has 0 saturated heterocycles. The Bertz CT molecular complexity index is 283. The van der Waals surface area contributed by atoms with Gasteiger partial charge in [0.1, 0.15) is 0 Å². The first kappa shape index (κ1) is 10.1. The van der Waals surface area contributed by atoms with Crippen LogP contribution in [-0.2, 0) is 5.41 Å². The fraction of sp³-hybridized carbons (Fsp3) is 0.444. The summed E-state index contributed by atoms with van der Waals surface area (Å²) in [6.45, 7) is 6.32. The quantitative estimate of drug-likeness (QED) is 0.693. The molecule has 0 aliphatic heterocycles. The van der Waals surface area contributed by atoms with Crippen molar-refractivity contribution in [1.29, 1.82) is 0 Å². The molecule has 4 heteroatoms. The van der Waals surface area contributed by atoms with Crippen LogP contribution in [0.4, 0.5) is 0 Å². The zero-order valence-electron chi connectivity index (χ0n) is 8.11. The molecule has 1 heterocycles. The van der Waals surface area contributed by atoms with Crippen molar-refractivity contribution in [3.05, 3.63) is 23.9 Å². The maximum absolute atomic E-state index is 8.43. The van der Waals surface area contributed by atoms with Gasteiger partial charge in [-0.3, -0.25) is 0 Å². The molecule has 69 valence electrons. The van der Waals surface area contributed by atoms with E-state index in [0.29, 0.717) is 13.6 Å².